The highest BCUT2D eigenvalue weighted by Crippen LogP contribution is 2.42. The first-order chi connectivity index (χ1) is 9.58. The van der Waals surface area contributed by atoms with Crippen molar-refractivity contribution in [1.29, 1.82) is 0 Å². The summed E-state index contributed by atoms with van der Waals surface area (Å²) < 4.78 is 11.3. The van der Waals surface area contributed by atoms with Crippen LogP contribution in [0.15, 0.2) is 12.1 Å². The molecule has 2 N–H and O–H groups in total. The molecule has 5 nitrogen and oxygen atoms in total. The maximum Gasteiger partial charge on any atom is 0.224 e. The van der Waals surface area contributed by atoms with E-state index in [1.807, 2.05) is 12.1 Å². The third-order valence-corrected chi connectivity index (χ3v) is 4.07. The number of carbonyl (C=O) groups excluding carboxylic acids is 1. The second kappa shape index (κ2) is 5.14. The van der Waals surface area contributed by atoms with Crippen LogP contribution in [-0.2, 0) is 4.79 Å². The van der Waals surface area contributed by atoms with E-state index in [1.165, 1.54) is 0 Å². The van der Waals surface area contributed by atoms with E-state index in [0.717, 1.165) is 12.0 Å². The average Bonchev–Trinajstić information content (AvgIpc) is 2.58. The summed E-state index contributed by atoms with van der Waals surface area (Å²) in [6, 6.07) is 3.30. The highest BCUT2D eigenvalue weighted by Gasteiger charge is 2.37. The summed E-state index contributed by atoms with van der Waals surface area (Å²) in [7, 11) is 1.76. The molecule has 2 aliphatic rings. The monoisotopic (exact) mass is 296 g/mol. The molecule has 1 amide bonds. The number of hydrogen-bond donors (Lipinski definition) is 1. The van der Waals surface area contributed by atoms with E-state index in [4.69, 9.17) is 26.8 Å². The van der Waals surface area contributed by atoms with Crippen LogP contribution in [0.4, 0.5) is 0 Å². The fourth-order valence-corrected chi connectivity index (χ4v) is 3.07. The van der Waals surface area contributed by atoms with Gasteiger partial charge in [-0.25, -0.2) is 0 Å². The SMILES string of the molecule is CN1C(=O)CC(N)C1c1cc(Cl)c2c(c1)OCCCO2. The van der Waals surface area contributed by atoms with Crippen LogP contribution in [0, 0.1) is 0 Å². The molecule has 0 aliphatic carbocycles. The number of halogens is 1. The lowest BCUT2D eigenvalue weighted by molar-refractivity contribution is -0.127. The molecule has 3 rings (SSSR count). The summed E-state index contributed by atoms with van der Waals surface area (Å²) in [6.07, 6.45) is 1.18. The highest BCUT2D eigenvalue weighted by atomic mass is 35.5. The Bertz CT molecular complexity index is 549. The molecule has 0 spiro atoms. The van der Waals surface area contributed by atoms with Gasteiger partial charge >= 0.3 is 0 Å². The van der Waals surface area contributed by atoms with Gasteiger partial charge in [0.2, 0.25) is 5.91 Å². The van der Waals surface area contributed by atoms with E-state index in [2.05, 4.69) is 0 Å². The van der Waals surface area contributed by atoms with Gasteiger partial charge in [-0.15, -0.1) is 0 Å². The van der Waals surface area contributed by atoms with Crippen LogP contribution in [-0.4, -0.2) is 37.1 Å². The number of fused-ring (bicyclic) bond motifs is 1. The van der Waals surface area contributed by atoms with E-state index < -0.39 is 0 Å². The number of likely N-dealkylation sites (N-methyl/N-ethyl adjacent to an activating group) is 1. The minimum Gasteiger partial charge on any atom is -0.489 e. The third-order valence-electron chi connectivity index (χ3n) is 3.79. The van der Waals surface area contributed by atoms with Gasteiger partial charge in [-0.2, -0.15) is 0 Å². The second-order valence-corrected chi connectivity index (χ2v) is 5.61. The summed E-state index contributed by atoms with van der Waals surface area (Å²) in [5, 5.41) is 0.499. The molecular formula is C14H17ClN2O3. The molecule has 0 bridgehead atoms. The van der Waals surface area contributed by atoms with Crippen LogP contribution in [0.2, 0.25) is 5.02 Å². The molecule has 0 radical (unpaired) electrons. The molecule has 0 aromatic heterocycles. The number of hydrogen-bond acceptors (Lipinski definition) is 4. The lowest BCUT2D eigenvalue weighted by Crippen LogP contribution is -2.30. The van der Waals surface area contributed by atoms with E-state index in [1.54, 1.807) is 11.9 Å². The third kappa shape index (κ3) is 2.21. The van der Waals surface area contributed by atoms with Crippen molar-refractivity contribution in [3.05, 3.63) is 22.7 Å². The molecule has 2 atom stereocenters. The van der Waals surface area contributed by atoms with Gasteiger partial charge in [-0.1, -0.05) is 11.6 Å². The first-order valence-electron chi connectivity index (χ1n) is 6.68. The van der Waals surface area contributed by atoms with Crippen molar-refractivity contribution in [2.24, 2.45) is 5.73 Å². The normalized spacial score (nSPS) is 25.8. The molecule has 108 valence electrons. The Morgan fingerprint density at radius 3 is 2.80 bits per heavy atom. The molecule has 2 heterocycles. The van der Waals surface area contributed by atoms with Gasteiger partial charge < -0.3 is 20.1 Å². The Hall–Kier alpha value is -1.46. The van der Waals surface area contributed by atoms with E-state index in [-0.39, 0.29) is 18.0 Å². The van der Waals surface area contributed by atoms with Crippen molar-refractivity contribution < 1.29 is 14.3 Å². The van der Waals surface area contributed by atoms with E-state index in [9.17, 15) is 4.79 Å². The summed E-state index contributed by atoms with van der Waals surface area (Å²) >= 11 is 6.28. The molecule has 6 heteroatoms. The molecule has 2 aliphatic heterocycles. The minimum atomic E-state index is -0.228. The standard InChI is InChI=1S/C14H17ClN2O3/c1-17-12(18)7-10(16)13(17)8-5-9(15)14-11(6-8)19-3-2-4-20-14/h5-6,10,13H,2-4,7,16H2,1H3. The predicted octanol–water partition coefficient (Wildman–Crippen LogP) is 1.73. The Labute approximate surface area is 122 Å². The molecule has 20 heavy (non-hydrogen) atoms. The van der Waals surface area contributed by atoms with Gasteiger partial charge in [0.1, 0.15) is 0 Å². The van der Waals surface area contributed by atoms with Crippen molar-refractivity contribution in [2.75, 3.05) is 20.3 Å². The first-order valence-corrected chi connectivity index (χ1v) is 7.06. The van der Waals surface area contributed by atoms with Crippen LogP contribution < -0.4 is 15.2 Å². The van der Waals surface area contributed by atoms with Gasteiger partial charge in [0.05, 0.1) is 24.3 Å². The van der Waals surface area contributed by atoms with Crippen LogP contribution >= 0.6 is 11.6 Å². The van der Waals surface area contributed by atoms with Gasteiger partial charge in [-0.05, 0) is 17.7 Å². The quantitative estimate of drug-likeness (QED) is 0.857. The molecular weight excluding hydrogens is 280 g/mol. The number of ether oxygens (including phenoxy) is 2. The summed E-state index contributed by atoms with van der Waals surface area (Å²) in [6.45, 7) is 1.19. The van der Waals surface area contributed by atoms with Crippen LogP contribution in [0.1, 0.15) is 24.4 Å². The lowest BCUT2D eigenvalue weighted by Gasteiger charge is -2.24. The molecule has 1 saturated heterocycles. The van der Waals surface area contributed by atoms with Gasteiger partial charge in [0, 0.05) is 25.9 Å². The van der Waals surface area contributed by atoms with E-state index in [0.29, 0.717) is 36.2 Å². The summed E-state index contributed by atoms with van der Waals surface area (Å²) in [5.41, 5.74) is 6.96. The summed E-state index contributed by atoms with van der Waals surface area (Å²) in [4.78, 5) is 13.4. The molecule has 1 fully saturated rings. The maximum absolute atomic E-state index is 11.8. The van der Waals surface area contributed by atoms with Gasteiger partial charge in [0.15, 0.2) is 11.5 Å². The number of likely N-dealkylation sites (tertiary alicyclic amines) is 1. The second-order valence-electron chi connectivity index (χ2n) is 5.20. The zero-order valence-corrected chi connectivity index (χ0v) is 12.0. The zero-order valence-electron chi connectivity index (χ0n) is 11.3. The lowest BCUT2D eigenvalue weighted by atomic mass is 10.0. The number of benzene rings is 1. The fraction of sp³-hybridized carbons (Fsp3) is 0.500. The van der Waals surface area contributed by atoms with Crippen LogP contribution in [0.5, 0.6) is 11.5 Å². The zero-order chi connectivity index (χ0) is 14.3. The number of amides is 1. The van der Waals surface area contributed by atoms with Gasteiger partial charge in [0.25, 0.3) is 0 Å². The Morgan fingerprint density at radius 1 is 1.35 bits per heavy atom. The predicted molar refractivity (Wildman–Crippen MR) is 75.2 cm³/mol. The highest BCUT2D eigenvalue weighted by molar-refractivity contribution is 6.32. The van der Waals surface area contributed by atoms with Crippen molar-refractivity contribution in [3.63, 3.8) is 0 Å². The van der Waals surface area contributed by atoms with Gasteiger partial charge in [-0.3, -0.25) is 4.79 Å². The maximum atomic E-state index is 11.8. The molecule has 1 aromatic carbocycles. The molecule has 1 aromatic rings. The number of carbonyl (C=O) groups is 1. The average molecular weight is 297 g/mol. The Kier molecular flexibility index (Phi) is 3.48. The summed E-state index contributed by atoms with van der Waals surface area (Å²) in [5.74, 6) is 1.25. The van der Waals surface area contributed by atoms with Crippen LogP contribution in [0.25, 0.3) is 0 Å². The number of nitrogens with zero attached hydrogens (tertiary/aromatic N) is 1. The van der Waals surface area contributed by atoms with E-state index >= 15 is 0 Å². The van der Waals surface area contributed by atoms with Crippen molar-refractivity contribution in [2.45, 2.75) is 24.9 Å². The van der Waals surface area contributed by atoms with Crippen molar-refractivity contribution in [3.8, 4) is 11.5 Å². The molecule has 2 unspecified atom stereocenters. The smallest absolute Gasteiger partial charge is 0.224 e. The van der Waals surface area contributed by atoms with Crippen molar-refractivity contribution in [1.82, 2.24) is 4.90 Å². The Balaban J connectivity index is 2.01. The van der Waals surface area contributed by atoms with Crippen molar-refractivity contribution >= 4 is 17.5 Å². The largest absolute Gasteiger partial charge is 0.489 e. The Morgan fingerprint density at radius 2 is 2.10 bits per heavy atom. The number of rotatable bonds is 1. The fourth-order valence-electron chi connectivity index (χ4n) is 2.79. The minimum absolute atomic E-state index is 0.0470. The molecule has 0 saturated carbocycles. The topological polar surface area (TPSA) is 64.8 Å². The van der Waals surface area contributed by atoms with Crippen LogP contribution in [0.3, 0.4) is 0 Å². The number of nitrogens with two attached hydrogens (primary N) is 1. The first kappa shape index (κ1) is 13.5.